The molecule has 0 saturated heterocycles. The second kappa shape index (κ2) is 6.32. The zero-order chi connectivity index (χ0) is 14.7. The molecule has 1 amide bonds. The first-order valence-corrected chi connectivity index (χ1v) is 7.72. The summed E-state index contributed by atoms with van der Waals surface area (Å²) in [6, 6.07) is 7.79. The van der Waals surface area contributed by atoms with Gasteiger partial charge in [-0.25, -0.2) is 0 Å². The predicted molar refractivity (Wildman–Crippen MR) is 81.2 cm³/mol. The Kier molecular flexibility index (Phi) is 4.26. The Bertz CT molecular complexity index is 567. The van der Waals surface area contributed by atoms with Crippen LogP contribution in [0.15, 0.2) is 24.3 Å². The van der Waals surface area contributed by atoms with Gasteiger partial charge in [-0.15, -0.1) is 0 Å². The van der Waals surface area contributed by atoms with Crippen molar-refractivity contribution in [2.75, 3.05) is 6.61 Å². The average Bonchev–Trinajstić information content (AvgIpc) is 3.14. The van der Waals surface area contributed by atoms with Gasteiger partial charge in [0, 0.05) is 18.0 Å². The summed E-state index contributed by atoms with van der Waals surface area (Å²) >= 11 is 0. The van der Waals surface area contributed by atoms with Crippen molar-refractivity contribution in [2.45, 2.75) is 32.2 Å². The molecule has 2 aliphatic rings. The van der Waals surface area contributed by atoms with Crippen molar-refractivity contribution in [1.82, 2.24) is 5.32 Å². The normalized spacial score (nSPS) is 26.2. The SMILES string of the molecule is O=C(NCc1ccc(C#CCO)cc1)C1CC2CCC1C2. The molecule has 0 aliphatic heterocycles. The molecule has 0 radical (unpaired) electrons. The highest BCUT2D eigenvalue weighted by molar-refractivity contribution is 5.79. The fraction of sp³-hybridized carbons (Fsp3) is 0.500. The molecule has 0 aromatic heterocycles. The van der Waals surface area contributed by atoms with Gasteiger partial charge in [0.25, 0.3) is 0 Å². The van der Waals surface area contributed by atoms with Gasteiger partial charge in [-0.3, -0.25) is 4.79 Å². The van der Waals surface area contributed by atoms with Crippen LogP contribution in [-0.4, -0.2) is 17.6 Å². The van der Waals surface area contributed by atoms with Gasteiger partial charge in [0.2, 0.25) is 5.91 Å². The van der Waals surface area contributed by atoms with E-state index >= 15 is 0 Å². The lowest BCUT2D eigenvalue weighted by Gasteiger charge is -2.20. The van der Waals surface area contributed by atoms with Gasteiger partial charge >= 0.3 is 0 Å². The number of hydrogen-bond acceptors (Lipinski definition) is 2. The lowest BCUT2D eigenvalue weighted by atomic mass is 9.88. The smallest absolute Gasteiger partial charge is 0.223 e. The molecule has 3 nitrogen and oxygen atoms in total. The molecule has 3 unspecified atom stereocenters. The van der Waals surface area contributed by atoms with Gasteiger partial charge in [-0.05, 0) is 48.8 Å². The van der Waals surface area contributed by atoms with Crippen molar-refractivity contribution in [3.63, 3.8) is 0 Å². The Labute approximate surface area is 125 Å². The van der Waals surface area contributed by atoms with E-state index in [1.54, 1.807) is 0 Å². The first-order chi connectivity index (χ1) is 10.3. The average molecular weight is 283 g/mol. The van der Waals surface area contributed by atoms with E-state index in [1.807, 2.05) is 24.3 Å². The first kappa shape index (κ1) is 14.2. The largest absolute Gasteiger partial charge is 0.384 e. The molecule has 2 fully saturated rings. The Morgan fingerprint density at radius 3 is 2.67 bits per heavy atom. The highest BCUT2D eigenvalue weighted by atomic mass is 16.2. The quantitative estimate of drug-likeness (QED) is 0.835. The second-order valence-corrected chi connectivity index (χ2v) is 6.16. The maximum atomic E-state index is 12.3. The van der Waals surface area contributed by atoms with E-state index < -0.39 is 0 Å². The number of aliphatic hydroxyl groups excluding tert-OH is 1. The van der Waals surface area contributed by atoms with Crippen LogP contribution in [0.3, 0.4) is 0 Å². The summed E-state index contributed by atoms with van der Waals surface area (Å²) in [7, 11) is 0. The molecular formula is C18H21NO2. The summed E-state index contributed by atoms with van der Waals surface area (Å²) in [6.45, 7) is 0.460. The zero-order valence-electron chi connectivity index (χ0n) is 12.1. The zero-order valence-corrected chi connectivity index (χ0v) is 12.1. The molecule has 3 rings (SSSR count). The number of amides is 1. The van der Waals surface area contributed by atoms with E-state index in [0.29, 0.717) is 12.5 Å². The molecule has 3 heteroatoms. The van der Waals surface area contributed by atoms with Crippen molar-refractivity contribution in [3.05, 3.63) is 35.4 Å². The second-order valence-electron chi connectivity index (χ2n) is 6.16. The fourth-order valence-electron chi connectivity index (χ4n) is 3.73. The molecule has 3 atom stereocenters. The van der Waals surface area contributed by atoms with E-state index in [-0.39, 0.29) is 18.4 Å². The number of carbonyl (C=O) groups excluding carboxylic acids is 1. The van der Waals surface area contributed by atoms with E-state index in [1.165, 1.54) is 19.3 Å². The molecule has 0 heterocycles. The van der Waals surface area contributed by atoms with Crippen LogP contribution in [0.25, 0.3) is 0 Å². The van der Waals surface area contributed by atoms with Crippen LogP contribution >= 0.6 is 0 Å². The third-order valence-corrected chi connectivity index (χ3v) is 4.81. The fourth-order valence-corrected chi connectivity index (χ4v) is 3.73. The van der Waals surface area contributed by atoms with Crippen molar-refractivity contribution in [2.24, 2.45) is 17.8 Å². The van der Waals surface area contributed by atoms with Gasteiger partial charge in [0.05, 0.1) is 0 Å². The number of aliphatic hydroxyl groups is 1. The Hall–Kier alpha value is -1.79. The van der Waals surface area contributed by atoms with Crippen LogP contribution in [0.2, 0.25) is 0 Å². The highest BCUT2D eigenvalue weighted by Crippen LogP contribution is 2.48. The number of carbonyl (C=O) groups is 1. The van der Waals surface area contributed by atoms with Crippen molar-refractivity contribution < 1.29 is 9.90 Å². The van der Waals surface area contributed by atoms with Crippen LogP contribution in [-0.2, 0) is 11.3 Å². The summed E-state index contributed by atoms with van der Waals surface area (Å²) in [5.74, 6) is 7.39. The van der Waals surface area contributed by atoms with Gasteiger partial charge < -0.3 is 10.4 Å². The Balaban J connectivity index is 1.52. The topological polar surface area (TPSA) is 49.3 Å². The molecule has 1 aromatic rings. The highest BCUT2D eigenvalue weighted by Gasteiger charge is 2.42. The van der Waals surface area contributed by atoms with E-state index in [2.05, 4.69) is 17.2 Å². The summed E-state index contributed by atoms with van der Waals surface area (Å²) < 4.78 is 0. The van der Waals surface area contributed by atoms with Crippen LogP contribution in [0.1, 0.15) is 36.8 Å². The van der Waals surface area contributed by atoms with Crippen molar-refractivity contribution >= 4 is 5.91 Å². The molecule has 21 heavy (non-hydrogen) atoms. The van der Waals surface area contributed by atoms with Crippen LogP contribution in [0.4, 0.5) is 0 Å². The minimum atomic E-state index is -0.124. The van der Waals surface area contributed by atoms with Crippen molar-refractivity contribution in [1.29, 1.82) is 0 Å². The van der Waals surface area contributed by atoms with Crippen LogP contribution < -0.4 is 5.32 Å². The number of nitrogens with one attached hydrogen (secondary N) is 1. The number of benzene rings is 1. The minimum Gasteiger partial charge on any atom is -0.384 e. The standard InChI is InChI=1S/C18H21NO2/c20-9-1-2-13-3-5-14(6-4-13)12-19-18(21)17-11-15-7-8-16(17)10-15/h3-6,15-17,20H,7-12H2,(H,19,21). The predicted octanol–water partition coefficient (Wildman–Crippen LogP) is 2.08. The van der Waals surface area contributed by atoms with Gasteiger partial charge in [-0.2, -0.15) is 0 Å². The number of fused-ring (bicyclic) bond motifs is 2. The Morgan fingerprint density at radius 1 is 1.24 bits per heavy atom. The van der Waals surface area contributed by atoms with E-state index in [4.69, 9.17) is 5.11 Å². The van der Waals surface area contributed by atoms with E-state index in [0.717, 1.165) is 23.5 Å². The van der Waals surface area contributed by atoms with Gasteiger partial charge in [-0.1, -0.05) is 30.4 Å². The third-order valence-electron chi connectivity index (χ3n) is 4.81. The monoisotopic (exact) mass is 283 g/mol. The summed E-state index contributed by atoms with van der Waals surface area (Å²) in [4.78, 5) is 12.3. The molecule has 0 spiro atoms. The van der Waals surface area contributed by atoms with Gasteiger partial charge in [0.1, 0.15) is 6.61 Å². The van der Waals surface area contributed by atoms with Crippen LogP contribution in [0, 0.1) is 29.6 Å². The summed E-state index contributed by atoms with van der Waals surface area (Å²) in [6.07, 6.45) is 4.91. The maximum Gasteiger partial charge on any atom is 0.223 e. The van der Waals surface area contributed by atoms with Crippen LogP contribution in [0.5, 0.6) is 0 Å². The Morgan fingerprint density at radius 2 is 2.05 bits per heavy atom. The van der Waals surface area contributed by atoms with Gasteiger partial charge in [0.15, 0.2) is 0 Å². The number of hydrogen-bond donors (Lipinski definition) is 2. The lowest BCUT2D eigenvalue weighted by Crippen LogP contribution is -2.33. The minimum absolute atomic E-state index is 0.124. The van der Waals surface area contributed by atoms with E-state index in [9.17, 15) is 4.79 Å². The maximum absolute atomic E-state index is 12.3. The molecular weight excluding hydrogens is 262 g/mol. The molecule has 110 valence electrons. The third kappa shape index (κ3) is 3.28. The molecule has 2 aliphatic carbocycles. The molecule has 2 bridgehead atoms. The molecule has 2 N–H and O–H groups in total. The summed E-state index contributed by atoms with van der Waals surface area (Å²) in [5.41, 5.74) is 1.97. The molecule has 2 saturated carbocycles. The van der Waals surface area contributed by atoms with Crippen molar-refractivity contribution in [3.8, 4) is 11.8 Å². The lowest BCUT2D eigenvalue weighted by molar-refractivity contribution is -0.126. The number of rotatable bonds is 3. The summed E-state index contributed by atoms with van der Waals surface area (Å²) in [5, 5.41) is 11.7. The first-order valence-electron chi connectivity index (χ1n) is 7.72. The molecule has 1 aromatic carbocycles.